The summed E-state index contributed by atoms with van der Waals surface area (Å²) in [5.74, 6) is 1.30. The number of aliphatic hydroxyl groups is 1. The molecule has 1 unspecified atom stereocenters. The fourth-order valence-electron chi connectivity index (χ4n) is 2.15. The van der Waals surface area contributed by atoms with Gasteiger partial charge < -0.3 is 14.6 Å². The first kappa shape index (κ1) is 14.3. The average molecular weight is 273 g/mol. The van der Waals surface area contributed by atoms with Gasteiger partial charge in [-0.2, -0.15) is 0 Å². The van der Waals surface area contributed by atoms with Crippen LogP contribution in [0.15, 0.2) is 30.3 Å². The van der Waals surface area contributed by atoms with Crippen molar-refractivity contribution in [3.63, 3.8) is 0 Å². The average Bonchev–Trinajstić information content (AvgIpc) is 2.46. The molecule has 0 aliphatic rings. The number of rotatable bonds is 4. The zero-order valence-corrected chi connectivity index (χ0v) is 12.2. The maximum atomic E-state index is 10.6. The molecule has 0 radical (unpaired) electrons. The normalized spacial score (nSPS) is 12.1. The van der Waals surface area contributed by atoms with Crippen LogP contribution in [0.3, 0.4) is 0 Å². The fourth-order valence-corrected chi connectivity index (χ4v) is 2.15. The number of ether oxygens (including phenoxy) is 2. The van der Waals surface area contributed by atoms with E-state index in [4.69, 9.17) is 9.47 Å². The van der Waals surface area contributed by atoms with Crippen LogP contribution in [0.25, 0.3) is 0 Å². The van der Waals surface area contributed by atoms with Gasteiger partial charge in [-0.1, -0.05) is 6.07 Å². The zero-order chi connectivity index (χ0) is 14.7. The van der Waals surface area contributed by atoms with E-state index in [-0.39, 0.29) is 0 Å². The SMILES string of the molecule is COc1cc(OC)cc(C(O)c2ccc(C)nc2C)c1. The van der Waals surface area contributed by atoms with Gasteiger partial charge in [-0.3, -0.25) is 4.98 Å². The second-order valence-corrected chi connectivity index (χ2v) is 4.68. The Kier molecular flexibility index (Phi) is 4.25. The second kappa shape index (κ2) is 5.92. The third kappa shape index (κ3) is 2.91. The van der Waals surface area contributed by atoms with Crippen LogP contribution >= 0.6 is 0 Å². The van der Waals surface area contributed by atoms with E-state index in [2.05, 4.69) is 4.98 Å². The Morgan fingerprint density at radius 2 is 1.60 bits per heavy atom. The number of aliphatic hydroxyl groups excluding tert-OH is 1. The van der Waals surface area contributed by atoms with Gasteiger partial charge in [0.25, 0.3) is 0 Å². The Bertz CT molecular complexity index is 588. The van der Waals surface area contributed by atoms with Gasteiger partial charge >= 0.3 is 0 Å². The quantitative estimate of drug-likeness (QED) is 0.930. The molecule has 0 aliphatic carbocycles. The highest BCUT2D eigenvalue weighted by Gasteiger charge is 2.16. The molecular weight excluding hydrogens is 254 g/mol. The van der Waals surface area contributed by atoms with Crippen LogP contribution in [0.2, 0.25) is 0 Å². The van der Waals surface area contributed by atoms with Crippen molar-refractivity contribution in [2.24, 2.45) is 0 Å². The van der Waals surface area contributed by atoms with E-state index in [0.717, 1.165) is 22.5 Å². The summed E-state index contributed by atoms with van der Waals surface area (Å²) in [6, 6.07) is 9.16. The fraction of sp³-hybridized carbons (Fsp3) is 0.312. The monoisotopic (exact) mass is 273 g/mol. The highest BCUT2D eigenvalue weighted by molar-refractivity contribution is 5.43. The van der Waals surface area contributed by atoms with Gasteiger partial charge in [0, 0.05) is 23.0 Å². The molecular formula is C16H19NO3. The van der Waals surface area contributed by atoms with Gasteiger partial charge in [0.1, 0.15) is 17.6 Å². The third-order valence-electron chi connectivity index (χ3n) is 3.25. The van der Waals surface area contributed by atoms with Crippen LogP contribution < -0.4 is 9.47 Å². The number of benzene rings is 1. The van der Waals surface area contributed by atoms with Crippen molar-refractivity contribution in [2.75, 3.05) is 14.2 Å². The number of aromatic nitrogens is 1. The van der Waals surface area contributed by atoms with Gasteiger partial charge in [0.2, 0.25) is 0 Å². The molecule has 0 amide bonds. The first-order valence-corrected chi connectivity index (χ1v) is 6.40. The molecule has 0 aliphatic heterocycles. The van der Waals surface area contributed by atoms with Crippen molar-refractivity contribution >= 4 is 0 Å². The van der Waals surface area contributed by atoms with E-state index in [1.165, 1.54) is 0 Å². The largest absolute Gasteiger partial charge is 0.497 e. The summed E-state index contributed by atoms with van der Waals surface area (Å²) in [7, 11) is 3.17. The van der Waals surface area contributed by atoms with Crippen molar-refractivity contribution in [2.45, 2.75) is 20.0 Å². The molecule has 1 heterocycles. The maximum absolute atomic E-state index is 10.6. The lowest BCUT2D eigenvalue weighted by molar-refractivity contribution is 0.218. The summed E-state index contributed by atoms with van der Waals surface area (Å²) >= 11 is 0. The lowest BCUT2D eigenvalue weighted by Crippen LogP contribution is -2.05. The Morgan fingerprint density at radius 1 is 1.00 bits per heavy atom. The molecule has 0 saturated heterocycles. The topological polar surface area (TPSA) is 51.6 Å². The predicted octanol–water partition coefficient (Wildman–Crippen LogP) is 2.80. The number of hydrogen-bond donors (Lipinski definition) is 1. The van der Waals surface area contributed by atoms with Crippen LogP contribution in [0.5, 0.6) is 11.5 Å². The number of hydrogen-bond acceptors (Lipinski definition) is 4. The van der Waals surface area contributed by atoms with Crippen molar-refractivity contribution in [1.82, 2.24) is 4.98 Å². The second-order valence-electron chi connectivity index (χ2n) is 4.68. The zero-order valence-electron chi connectivity index (χ0n) is 12.2. The Hall–Kier alpha value is -2.07. The van der Waals surface area contributed by atoms with E-state index in [0.29, 0.717) is 11.5 Å². The van der Waals surface area contributed by atoms with Crippen LogP contribution in [-0.2, 0) is 0 Å². The lowest BCUT2D eigenvalue weighted by atomic mass is 9.99. The molecule has 1 atom stereocenters. The predicted molar refractivity (Wildman–Crippen MR) is 77.3 cm³/mol. The molecule has 0 spiro atoms. The number of aryl methyl sites for hydroxylation is 2. The van der Waals surface area contributed by atoms with Crippen LogP contribution in [0.4, 0.5) is 0 Å². The van der Waals surface area contributed by atoms with Crippen molar-refractivity contribution in [3.05, 3.63) is 52.8 Å². The molecule has 2 rings (SSSR count). The summed E-state index contributed by atoms with van der Waals surface area (Å²) in [4.78, 5) is 4.38. The molecule has 1 aromatic heterocycles. The molecule has 0 fully saturated rings. The maximum Gasteiger partial charge on any atom is 0.122 e. The minimum Gasteiger partial charge on any atom is -0.497 e. The molecule has 4 nitrogen and oxygen atoms in total. The Balaban J connectivity index is 2.44. The molecule has 106 valence electrons. The number of nitrogens with zero attached hydrogens (tertiary/aromatic N) is 1. The smallest absolute Gasteiger partial charge is 0.122 e. The highest BCUT2D eigenvalue weighted by atomic mass is 16.5. The van der Waals surface area contributed by atoms with E-state index in [1.807, 2.05) is 26.0 Å². The van der Waals surface area contributed by atoms with Gasteiger partial charge in [0.05, 0.1) is 14.2 Å². The van der Waals surface area contributed by atoms with Gasteiger partial charge in [-0.25, -0.2) is 0 Å². The Morgan fingerprint density at radius 3 is 2.10 bits per heavy atom. The molecule has 20 heavy (non-hydrogen) atoms. The first-order valence-electron chi connectivity index (χ1n) is 6.40. The van der Waals surface area contributed by atoms with Gasteiger partial charge in [-0.15, -0.1) is 0 Å². The van der Waals surface area contributed by atoms with Gasteiger partial charge in [0.15, 0.2) is 0 Å². The van der Waals surface area contributed by atoms with Crippen LogP contribution in [0.1, 0.15) is 28.6 Å². The molecule has 0 saturated carbocycles. The molecule has 2 aromatic rings. The van der Waals surface area contributed by atoms with Gasteiger partial charge in [-0.05, 0) is 37.6 Å². The van der Waals surface area contributed by atoms with Crippen molar-refractivity contribution in [3.8, 4) is 11.5 Å². The third-order valence-corrected chi connectivity index (χ3v) is 3.25. The van der Waals surface area contributed by atoms with Crippen LogP contribution in [0, 0.1) is 13.8 Å². The van der Waals surface area contributed by atoms with Crippen molar-refractivity contribution < 1.29 is 14.6 Å². The highest BCUT2D eigenvalue weighted by Crippen LogP contribution is 2.30. The first-order chi connectivity index (χ1) is 9.55. The summed E-state index contributed by atoms with van der Waals surface area (Å²) in [6.45, 7) is 3.82. The molecule has 4 heteroatoms. The lowest BCUT2D eigenvalue weighted by Gasteiger charge is -2.16. The Labute approximate surface area is 119 Å². The number of methoxy groups -OCH3 is 2. The van der Waals surface area contributed by atoms with E-state index >= 15 is 0 Å². The summed E-state index contributed by atoms with van der Waals surface area (Å²) in [5, 5.41) is 10.6. The standard InChI is InChI=1S/C16H19NO3/c1-10-5-6-15(11(2)17-10)16(18)12-7-13(19-3)9-14(8-12)20-4/h5-9,16,18H,1-4H3. The summed E-state index contributed by atoms with van der Waals surface area (Å²) in [6.07, 6.45) is -0.757. The minimum absolute atomic E-state index is 0.649. The van der Waals surface area contributed by atoms with Crippen molar-refractivity contribution in [1.29, 1.82) is 0 Å². The number of pyridine rings is 1. The molecule has 1 N–H and O–H groups in total. The minimum atomic E-state index is -0.757. The summed E-state index contributed by atoms with van der Waals surface area (Å²) in [5.41, 5.74) is 3.25. The van der Waals surface area contributed by atoms with E-state index in [1.54, 1.807) is 32.4 Å². The molecule has 0 bridgehead atoms. The summed E-state index contributed by atoms with van der Waals surface area (Å²) < 4.78 is 10.5. The van der Waals surface area contributed by atoms with Crippen LogP contribution in [-0.4, -0.2) is 24.3 Å². The molecule has 1 aromatic carbocycles. The van der Waals surface area contributed by atoms with E-state index < -0.39 is 6.10 Å². The van der Waals surface area contributed by atoms with E-state index in [9.17, 15) is 5.11 Å².